The summed E-state index contributed by atoms with van der Waals surface area (Å²) in [5, 5.41) is 0. The van der Waals surface area contributed by atoms with Crippen LogP contribution in [0.2, 0.25) is 0 Å². The molecule has 1 aliphatic heterocycles. The molecule has 0 aliphatic carbocycles. The van der Waals surface area contributed by atoms with Crippen molar-refractivity contribution in [1.82, 2.24) is 4.90 Å². The van der Waals surface area contributed by atoms with Crippen LogP contribution in [0.5, 0.6) is 11.5 Å². The standard InChI is InChI=1S/C19H30N2O3/c1-14(2)9-11-24-17-8-7-15(12-18(17)23-3)19(22)21-10-5-4-6-16(21)13-20/h7-8,12,14,16H,4-6,9-11,13,20H2,1-3H3. The van der Waals surface area contributed by atoms with Gasteiger partial charge < -0.3 is 20.1 Å². The predicted octanol–water partition coefficient (Wildman–Crippen LogP) is 3.07. The molecule has 1 amide bonds. The van der Waals surface area contributed by atoms with Crippen LogP contribution < -0.4 is 15.2 Å². The van der Waals surface area contributed by atoms with Gasteiger partial charge in [0.05, 0.1) is 13.7 Å². The molecule has 0 radical (unpaired) electrons. The number of amides is 1. The summed E-state index contributed by atoms with van der Waals surface area (Å²) in [5.41, 5.74) is 6.46. The molecule has 5 heteroatoms. The summed E-state index contributed by atoms with van der Waals surface area (Å²) in [5.74, 6) is 1.90. The van der Waals surface area contributed by atoms with E-state index in [4.69, 9.17) is 15.2 Å². The number of methoxy groups -OCH3 is 1. The zero-order chi connectivity index (χ0) is 17.5. The Morgan fingerprint density at radius 1 is 1.33 bits per heavy atom. The minimum atomic E-state index is 0.0252. The molecule has 1 heterocycles. The van der Waals surface area contributed by atoms with E-state index >= 15 is 0 Å². The number of nitrogens with two attached hydrogens (primary N) is 1. The maximum Gasteiger partial charge on any atom is 0.254 e. The van der Waals surface area contributed by atoms with Crippen molar-refractivity contribution in [2.75, 3.05) is 26.8 Å². The molecular weight excluding hydrogens is 304 g/mol. The molecular formula is C19H30N2O3. The summed E-state index contributed by atoms with van der Waals surface area (Å²) in [6.45, 7) is 6.25. The minimum absolute atomic E-state index is 0.0252. The van der Waals surface area contributed by atoms with Gasteiger partial charge in [-0.2, -0.15) is 0 Å². The second kappa shape index (κ2) is 8.92. The highest BCUT2D eigenvalue weighted by Crippen LogP contribution is 2.30. The van der Waals surface area contributed by atoms with Crippen molar-refractivity contribution in [2.45, 2.75) is 45.6 Å². The Morgan fingerprint density at radius 3 is 2.79 bits per heavy atom. The predicted molar refractivity (Wildman–Crippen MR) is 95.7 cm³/mol. The normalized spacial score (nSPS) is 17.9. The number of benzene rings is 1. The molecule has 1 aliphatic rings. The molecule has 1 aromatic rings. The largest absolute Gasteiger partial charge is 0.493 e. The average molecular weight is 334 g/mol. The molecule has 0 aromatic heterocycles. The number of rotatable bonds is 7. The SMILES string of the molecule is COc1cc(C(=O)N2CCCCC2CN)ccc1OCCC(C)C. The van der Waals surface area contributed by atoms with Crippen molar-refractivity contribution in [3.05, 3.63) is 23.8 Å². The van der Waals surface area contributed by atoms with Crippen molar-refractivity contribution in [1.29, 1.82) is 0 Å². The highest BCUT2D eigenvalue weighted by atomic mass is 16.5. The number of carbonyl (C=O) groups excluding carboxylic acids is 1. The van der Waals surface area contributed by atoms with Crippen LogP contribution in [0.25, 0.3) is 0 Å². The van der Waals surface area contributed by atoms with E-state index in [1.165, 1.54) is 0 Å². The van der Waals surface area contributed by atoms with E-state index in [2.05, 4.69) is 13.8 Å². The van der Waals surface area contributed by atoms with Crippen LogP contribution in [0.4, 0.5) is 0 Å². The molecule has 1 unspecified atom stereocenters. The highest BCUT2D eigenvalue weighted by Gasteiger charge is 2.27. The summed E-state index contributed by atoms with van der Waals surface area (Å²) >= 11 is 0. The maximum absolute atomic E-state index is 12.8. The lowest BCUT2D eigenvalue weighted by Gasteiger charge is -2.35. The van der Waals surface area contributed by atoms with E-state index in [0.717, 1.165) is 32.2 Å². The lowest BCUT2D eigenvalue weighted by Crippen LogP contribution is -2.47. The number of hydrogen-bond donors (Lipinski definition) is 1. The fourth-order valence-electron chi connectivity index (χ4n) is 3.00. The van der Waals surface area contributed by atoms with Crippen LogP contribution in [0.15, 0.2) is 18.2 Å². The van der Waals surface area contributed by atoms with E-state index in [9.17, 15) is 4.79 Å². The lowest BCUT2D eigenvalue weighted by atomic mass is 10.0. The third-order valence-electron chi connectivity index (χ3n) is 4.52. The topological polar surface area (TPSA) is 64.8 Å². The highest BCUT2D eigenvalue weighted by molar-refractivity contribution is 5.95. The van der Waals surface area contributed by atoms with Gasteiger partial charge in [-0.05, 0) is 49.8 Å². The molecule has 1 fully saturated rings. The van der Waals surface area contributed by atoms with Crippen LogP contribution >= 0.6 is 0 Å². The number of nitrogens with zero attached hydrogens (tertiary/aromatic N) is 1. The monoisotopic (exact) mass is 334 g/mol. The number of piperidine rings is 1. The van der Waals surface area contributed by atoms with Gasteiger partial charge in [0, 0.05) is 24.7 Å². The molecule has 2 rings (SSSR count). The van der Waals surface area contributed by atoms with E-state index in [-0.39, 0.29) is 11.9 Å². The second-order valence-electron chi connectivity index (χ2n) is 6.78. The van der Waals surface area contributed by atoms with Crippen LogP contribution in [-0.2, 0) is 0 Å². The van der Waals surface area contributed by atoms with Crippen LogP contribution in [0, 0.1) is 5.92 Å². The number of carbonyl (C=O) groups is 1. The van der Waals surface area contributed by atoms with Gasteiger partial charge in [-0.25, -0.2) is 0 Å². The fourth-order valence-corrected chi connectivity index (χ4v) is 3.00. The Bertz CT molecular complexity index is 545. The van der Waals surface area contributed by atoms with E-state index in [1.54, 1.807) is 13.2 Å². The maximum atomic E-state index is 12.8. The van der Waals surface area contributed by atoms with Gasteiger partial charge in [0.2, 0.25) is 0 Å². The molecule has 24 heavy (non-hydrogen) atoms. The molecule has 2 N–H and O–H groups in total. The van der Waals surface area contributed by atoms with Crippen molar-refractivity contribution in [3.63, 3.8) is 0 Å². The third-order valence-corrected chi connectivity index (χ3v) is 4.52. The summed E-state index contributed by atoms with van der Waals surface area (Å²) in [6, 6.07) is 5.56. The summed E-state index contributed by atoms with van der Waals surface area (Å²) in [4.78, 5) is 14.7. The lowest BCUT2D eigenvalue weighted by molar-refractivity contribution is 0.0623. The third kappa shape index (κ3) is 4.63. The van der Waals surface area contributed by atoms with Gasteiger partial charge >= 0.3 is 0 Å². The first-order chi connectivity index (χ1) is 11.6. The Morgan fingerprint density at radius 2 is 2.12 bits per heavy atom. The van der Waals surface area contributed by atoms with E-state index < -0.39 is 0 Å². The Hall–Kier alpha value is -1.75. The Kier molecular flexibility index (Phi) is 6.91. The van der Waals surface area contributed by atoms with Gasteiger partial charge in [-0.3, -0.25) is 4.79 Å². The first-order valence-corrected chi connectivity index (χ1v) is 8.88. The van der Waals surface area contributed by atoms with Crippen molar-refractivity contribution in [3.8, 4) is 11.5 Å². The number of likely N-dealkylation sites (tertiary alicyclic amines) is 1. The molecule has 134 valence electrons. The smallest absolute Gasteiger partial charge is 0.254 e. The number of ether oxygens (including phenoxy) is 2. The summed E-state index contributed by atoms with van der Waals surface area (Å²) < 4.78 is 11.2. The van der Waals surface area contributed by atoms with Gasteiger partial charge in [-0.1, -0.05) is 13.8 Å². The van der Waals surface area contributed by atoms with Crippen molar-refractivity contribution >= 4 is 5.91 Å². The minimum Gasteiger partial charge on any atom is -0.493 e. The average Bonchev–Trinajstić information content (AvgIpc) is 2.61. The molecule has 5 nitrogen and oxygen atoms in total. The van der Waals surface area contributed by atoms with Crippen LogP contribution in [0.3, 0.4) is 0 Å². The van der Waals surface area contributed by atoms with Crippen molar-refractivity contribution < 1.29 is 14.3 Å². The molecule has 0 spiro atoms. The first-order valence-electron chi connectivity index (χ1n) is 8.88. The summed E-state index contributed by atoms with van der Waals surface area (Å²) in [6.07, 6.45) is 4.14. The zero-order valence-electron chi connectivity index (χ0n) is 15.1. The van der Waals surface area contributed by atoms with Crippen LogP contribution in [0.1, 0.15) is 49.9 Å². The van der Waals surface area contributed by atoms with E-state index in [1.807, 2.05) is 17.0 Å². The summed E-state index contributed by atoms with van der Waals surface area (Å²) in [7, 11) is 1.60. The molecule has 1 aromatic carbocycles. The molecule has 1 atom stereocenters. The molecule has 0 saturated carbocycles. The quantitative estimate of drug-likeness (QED) is 0.832. The van der Waals surface area contributed by atoms with Gasteiger partial charge in [-0.15, -0.1) is 0 Å². The Labute approximate surface area is 145 Å². The molecule has 1 saturated heterocycles. The van der Waals surface area contributed by atoms with E-state index in [0.29, 0.717) is 36.1 Å². The van der Waals surface area contributed by atoms with Crippen molar-refractivity contribution in [2.24, 2.45) is 11.7 Å². The van der Waals surface area contributed by atoms with Gasteiger partial charge in [0.15, 0.2) is 11.5 Å². The zero-order valence-corrected chi connectivity index (χ0v) is 15.1. The van der Waals surface area contributed by atoms with Gasteiger partial charge in [0.25, 0.3) is 5.91 Å². The van der Waals surface area contributed by atoms with Gasteiger partial charge in [0.1, 0.15) is 0 Å². The molecule has 0 bridgehead atoms. The second-order valence-corrected chi connectivity index (χ2v) is 6.78. The first kappa shape index (κ1) is 18.6. The fraction of sp³-hybridized carbons (Fsp3) is 0.632. The Balaban J connectivity index is 2.11. The van der Waals surface area contributed by atoms with Crippen LogP contribution in [-0.4, -0.2) is 43.7 Å². The number of hydrogen-bond acceptors (Lipinski definition) is 4.